The van der Waals surface area contributed by atoms with Gasteiger partial charge < -0.3 is 10.6 Å². The van der Waals surface area contributed by atoms with Gasteiger partial charge in [-0.05, 0) is 18.6 Å². The highest BCUT2D eigenvalue weighted by Crippen LogP contribution is 2.16. The topological polar surface area (TPSA) is 75.3 Å². The molecular weight excluding hydrogens is 278 g/mol. The lowest BCUT2D eigenvalue weighted by atomic mass is 10.2. The fraction of sp³-hybridized carbons (Fsp3) is 0.364. The quantitative estimate of drug-likeness (QED) is 0.861. The van der Waals surface area contributed by atoms with Crippen LogP contribution in [0.2, 0.25) is 0 Å². The van der Waals surface area contributed by atoms with Crippen LogP contribution in [0.3, 0.4) is 0 Å². The van der Waals surface area contributed by atoms with E-state index < -0.39 is 33.5 Å². The van der Waals surface area contributed by atoms with Gasteiger partial charge >= 0.3 is 6.03 Å². The van der Waals surface area contributed by atoms with Crippen LogP contribution in [0.25, 0.3) is 0 Å². The first-order valence-electron chi connectivity index (χ1n) is 5.59. The predicted octanol–water partition coefficient (Wildman–Crippen LogP) is 1.27. The van der Waals surface area contributed by atoms with Gasteiger partial charge in [0.15, 0.2) is 9.84 Å². The summed E-state index contributed by atoms with van der Waals surface area (Å²) in [5, 5.41) is 4.56. The Bertz CT molecular complexity index is 604. The van der Waals surface area contributed by atoms with E-state index in [-0.39, 0.29) is 17.2 Å². The van der Waals surface area contributed by atoms with Gasteiger partial charge in [-0.1, -0.05) is 0 Å². The molecule has 1 saturated heterocycles. The minimum atomic E-state index is -3.11. The molecule has 19 heavy (non-hydrogen) atoms. The van der Waals surface area contributed by atoms with Gasteiger partial charge in [0.05, 0.1) is 17.2 Å². The number of hydrogen-bond acceptors (Lipinski definition) is 3. The molecular formula is C11H12F2N2O3S. The zero-order valence-electron chi connectivity index (χ0n) is 9.82. The van der Waals surface area contributed by atoms with Crippen molar-refractivity contribution in [1.29, 1.82) is 0 Å². The number of rotatable bonds is 2. The molecule has 1 aliphatic rings. The second kappa shape index (κ2) is 5.12. The molecule has 5 nitrogen and oxygen atoms in total. The first-order valence-corrected chi connectivity index (χ1v) is 7.41. The minimum absolute atomic E-state index is 0.0201. The summed E-state index contributed by atoms with van der Waals surface area (Å²) in [6.07, 6.45) is 0.321. The number of sulfone groups is 1. The van der Waals surface area contributed by atoms with E-state index in [1.807, 2.05) is 0 Å². The monoisotopic (exact) mass is 290 g/mol. The number of halogens is 2. The molecule has 2 N–H and O–H groups in total. The zero-order chi connectivity index (χ0) is 14.0. The van der Waals surface area contributed by atoms with Gasteiger partial charge in [0, 0.05) is 12.1 Å². The molecule has 1 atom stereocenters. The van der Waals surface area contributed by atoms with Crippen molar-refractivity contribution < 1.29 is 22.0 Å². The third-order valence-corrected chi connectivity index (χ3v) is 4.51. The van der Waals surface area contributed by atoms with Gasteiger partial charge in [-0.2, -0.15) is 0 Å². The maximum atomic E-state index is 13.3. The van der Waals surface area contributed by atoms with Crippen molar-refractivity contribution in [3.8, 4) is 0 Å². The van der Waals surface area contributed by atoms with Crippen LogP contribution in [0.5, 0.6) is 0 Å². The van der Waals surface area contributed by atoms with Crippen LogP contribution < -0.4 is 10.6 Å². The Kier molecular flexibility index (Phi) is 3.70. The molecule has 0 saturated carbocycles. The van der Waals surface area contributed by atoms with Crippen LogP contribution in [0.1, 0.15) is 6.42 Å². The molecule has 0 aromatic heterocycles. The number of carbonyl (C=O) groups excluding carboxylic acids is 1. The SMILES string of the molecule is O=C(Nc1cc(F)ccc1F)NC1CCS(=O)(=O)C1. The standard InChI is InChI=1S/C11H12F2N2O3S/c12-7-1-2-9(13)10(5-7)15-11(16)14-8-3-4-19(17,18)6-8/h1-2,5,8H,3-4,6H2,(H2,14,15,16). The molecule has 2 amide bonds. The van der Waals surface area contributed by atoms with Crippen LogP contribution in [-0.2, 0) is 9.84 Å². The van der Waals surface area contributed by atoms with E-state index in [0.29, 0.717) is 6.42 Å². The lowest BCUT2D eigenvalue weighted by Gasteiger charge is -2.12. The summed E-state index contributed by atoms with van der Waals surface area (Å²) >= 11 is 0. The second-order valence-electron chi connectivity index (χ2n) is 4.32. The first-order chi connectivity index (χ1) is 8.85. The molecule has 8 heteroatoms. The summed E-state index contributed by atoms with van der Waals surface area (Å²) in [4.78, 5) is 11.5. The molecule has 0 spiro atoms. The Morgan fingerprint density at radius 1 is 1.32 bits per heavy atom. The van der Waals surface area contributed by atoms with Crippen LogP contribution in [0.4, 0.5) is 19.3 Å². The number of benzene rings is 1. The third-order valence-electron chi connectivity index (χ3n) is 2.74. The molecule has 1 fully saturated rings. The van der Waals surface area contributed by atoms with Gasteiger partial charge in [-0.3, -0.25) is 0 Å². The summed E-state index contributed by atoms with van der Waals surface area (Å²) in [5.74, 6) is -1.56. The minimum Gasteiger partial charge on any atom is -0.334 e. The van der Waals surface area contributed by atoms with Crippen molar-refractivity contribution in [3.63, 3.8) is 0 Å². The fourth-order valence-corrected chi connectivity index (χ4v) is 3.52. The average Bonchev–Trinajstić information content (AvgIpc) is 2.63. The summed E-state index contributed by atoms with van der Waals surface area (Å²) in [6.45, 7) is 0. The highest BCUT2D eigenvalue weighted by molar-refractivity contribution is 7.91. The van der Waals surface area contributed by atoms with Gasteiger partial charge in [-0.15, -0.1) is 0 Å². The van der Waals surface area contributed by atoms with Crippen molar-refractivity contribution >= 4 is 21.6 Å². The van der Waals surface area contributed by atoms with Gasteiger partial charge in [0.2, 0.25) is 0 Å². The summed E-state index contributed by atoms with van der Waals surface area (Å²) in [7, 11) is -3.11. The van der Waals surface area contributed by atoms with Crippen molar-refractivity contribution in [2.24, 2.45) is 0 Å². The van der Waals surface area contributed by atoms with Crippen LogP contribution in [0, 0.1) is 11.6 Å². The van der Waals surface area contributed by atoms with Crippen molar-refractivity contribution in [2.45, 2.75) is 12.5 Å². The molecule has 1 aromatic rings. The molecule has 0 radical (unpaired) electrons. The molecule has 1 heterocycles. The van der Waals surface area contributed by atoms with Crippen LogP contribution in [0.15, 0.2) is 18.2 Å². The van der Waals surface area contributed by atoms with Gasteiger partial charge in [0.1, 0.15) is 11.6 Å². The van der Waals surface area contributed by atoms with E-state index in [0.717, 1.165) is 18.2 Å². The lowest BCUT2D eigenvalue weighted by Crippen LogP contribution is -2.38. The number of carbonyl (C=O) groups is 1. The van der Waals surface area contributed by atoms with E-state index in [4.69, 9.17) is 0 Å². The Labute approximate surface area is 108 Å². The lowest BCUT2D eigenvalue weighted by molar-refractivity contribution is 0.249. The maximum absolute atomic E-state index is 13.3. The fourth-order valence-electron chi connectivity index (χ4n) is 1.85. The number of urea groups is 1. The zero-order valence-corrected chi connectivity index (χ0v) is 10.6. The van der Waals surface area contributed by atoms with Gasteiger partial charge in [0.25, 0.3) is 0 Å². The Hall–Kier alpha value is -1.70. The van der Waals surface area contributed by atoms with Crippen LogP contribution >= 0.6 is 0 Å². The first kappa shape index (κ1) is 13.7. The van der Waals surface area contributed by atoms with Crippen molar-refractivity contribution in [1.82, 2.24) is 5.32 Å². The van der Waals surface area contributed by atoms with Crippen molar-refractivity contribution in [3.05, 3.63) is 29.8 Å². The maximum Gasteiger partial charge on any atom is 0.319 e. The molecule has 1 unspecified atom stereocenters. The summed E-state index contributed by atoms with van der Waals surface area (Å²) < 4.78 is 48.5. The second-order valence-corrected chi connectivity index (χ2v) is 6.55. The third kappa shape index (κ3) is 3.63. The normalized spacial score (nSPS) is 21.1. The molecule has 1 aliphatic heterocycles. The predicted molar refractivity (Wildman–Crippen MR) is 65.6 cm³/mol. The van der Waals surface area contributed by atoms with Gasteiger partial charge in [-0.25, -0.2) is 22.0 Å². The van der Waals surface area contributed by atoms with E-state index >= 15 is 0 Å². The number of amides is 2. The number of nitrogens with one attached hydrogen (secondary N) is 2. The van der Waals surface area contributed by atoms with E-state index in [9.17, 15) is 22.0 Å². The molecule has 0 aliphatic carbocycles. The Morgan fingerprint density at radius 2 is 2.05 bits per heavy atom. The van der Waals surface area contributed by atoms with Crippen molar-refractivity contribution in [2.75, 3.05) is 16.8 Å². The molecule has 104 valence electrons. The molecule has 2 rings (SSSR count). The van der Waals surface area contributed by atoms with E-state index in [1.165, 1.54) is 0 Å². The number of anilines is 1. The Balaban J connectivity index is 1.97. The summed E-state index contributed by atoms with van der Waals surface area (Å²) in [6, 6.07) is 1.42. The highest BCUT2D eigenvalue weighted by atomic mass is 32.2. The largest absolute Gasteiger partial charge is 0.334 e. The van der Waals surface area contributed by atoms with E-state index in [1.54, 1.807) is 0 Å². The molecule has 0 bridgehead atoms. The highest BCUT2D eigenvalue weighted by Gasteiger charge is 2.29. The number of hydrogen-bond donors (Lipinski definition) is 2. The summed E-state index contributed by atoms with van der Waals surface area (Å²) in [5.41, 5.74) is -0.293. The smallest absolute Gasteiger partial charge is 0.319 e. The van der Waals surface area contributed by atoms with Crippen LogP contribution in [-0.4, -0.2) is 32.0 Å². The Morgan fingerprint density at radius 3 is 2.68 bits per heavy atom. The molecule has 1 aromatic carbocycles. The van der Waals surface area contributed by atoms with E-state index in [2.05, 4.69) is 10.6 Å². The average molecular weight is 290 g/mol.